The molecule has 3 aromatic rings. The average Bonchev–Trinajstić information content (AvgIpc) is 3.12. The van der Waals surface area contributed by atoms with Crippen molar-refractivity contribution >= 4 is 22.5 Å². The van der Waals surface area contributed by atoms with Gasteiger partial charge in [-0.25, -0.2) is 4.39 Å². The van der Waals surface area contributed by atoms with Gasteiger partial charge in [0.2, 0.25) is 0 Å². The number of aromatic nitrogens is 1. The van der Waals surface area contributed by atoms with Crippen LogP contribution in [0.25, 0.3) is 22.0 Å². The summed E-state index contributed by atoms with van der Waals surface area (Å²) in [6.45, 7) is 4.74. The van der Waals surface area contributed by atoms with Crippen LogP contribution in [0.2, 0.25) is 0 Å². The topological polar surface area (TPSA) is 70.9 Å². The number of amides is 1. The number of nitrogens with one attached hydrogen (secondary N) is 2. The Labute approximate surface area is 138 Å². The molecule has 2 aromatic carbocycles. The second-order valence-corrected chi connectivity index (χ2v) is 6.32. The third kappa shape index (κ3) is 2.01. The van der Waals surface area contributed by atoms with E-state index in [2.05, 4.69) is 10.3 Å². The van der Waals surface area contributed by atoms with E-state index in [1.165, 1.54) is 11.6 Å². The number of nitrogens with two attached hydrogens (primary N) is 1. The van der Waals surface area contributed by atoms with Crippen LogP contribution in [-0.2, 0) is 6.42 Å². The van der Waals surface area contributed by atoms with Gasteiger partial charge in [0.05, 0.1) is 11.1 Å². The van der Waals surface area contributed by atoms with Crippen LogP contribution in [0.4, 0.5) is 10.1 Å². The number of carbonyl (C=O) groups excluding carboxylic acids is 1. The molecule has 0 saturated carbocycles. The van der Waals surface area contributed by atoms with Crippen molar-refractivity contribution in [3.8, 4) is 11.1 Å². The molecule has 122 valence electrons. The van der Waals surface area contributed by atoms with Gasteiger partial charge in [0.25, 0.3) is 5.91 Å². The highest BCUT2D eigenvalue weighted by atomic mass is 19.1. The Morgan fingerprint density at radius 2 is 2.04 bits per heavy atom. The van der Waals surface area contributed by atoms with E-state index in [1.54, 1.807) is 0 Å². The molecule has 0 unspecified atom stereocenters. The van der Waals surface area contributed by atoms with Crippen LogP contribution in [-0.4, -0.2) is 17.4 Å². The Hall–Kier alpha value is -2.82. The second kappa shape index (κ2) is 5.09. The highest BCUT2D eigenvalue weighted by Gasteiger charge is 2.22. The molecule has 0 radical (unpaired) electrons. The fourth-order valence-corrected chi connectivity index (χ4v) is 3.55. The van der Waals surface area contributed by atoms with Crippen LogP contribution in [0, 0.1) is 19.7 Å². The summed E-state index contributed by atoms with van der Waals surface area (Å²) in [7, 11) is 0. The molecule has 0 atom stereocenters. The van der Waals surface area contributed by atoms with E-state index in [-0.39, 0.29) is 5.56 Å². The molecule has 0 aliphatic carbocycles. The summed E-state index contributed by atoms with van der Waals surface area (Å²) in [5.41, 5.74) is 11.6. The number of hydrogen-bond acceptors (Lipinski definition) is 2. The predicted molar refractivity (Wildman–Crippen MR) is 93.9 cm³/mol. The molecule has 4 N–H and O–H groups in total. The second-order valence-electron chi connectivity index (χ2n) is 6.32. The first-order valence-electron chi connectivity index (χ1n) is 7.95. The minimum atomic E-state index is -0.637. The van der Waals surface area contributed by atoms with E-state index in [0.717, 1.165) is 40.9 Å². The molecule has 0 spiro atoms. The first kappa shape index (κ1) is 14.8. The third-order valence-electron chi connectivity index (χ3n) is 4.90. The zero-order chi connectivity index (χ0) is 17.0. The maximum absolute atomic E-state index is 14.9. The Balaban J connectivity index is 2.07. The van der Waals surface area contributed by atoms with Gasteiger partial charge in [0, 0.05) is 28.9 Å². The van der Waals surface area contributed by atoms with Crippen molar-refractivity contribution in [1.29, 1.82) is 0 Å². The molecule has 0 saturated heterocycles. The quantitative estimate of drug-likeness (QED) is 0.673. The Morgan fingerprint density at radius 1 is 1.25 bits per heavy atom. The molecule has 4 nitrogen and oxygen atoms in total. The summed E-state index contributed by atoms with van der Waals surface area (Å²) >= 11 is 0. The number of benzene rings is 2. The number of carbonyl (C=O) groups is 1. The summed E-state index contributed by atoms with van der Waals surface area (Å²) in [6, 6.07) is 7.18. The lowest BCUT2D eigenvalue weighted by molar-refractivity contribution is 0.100. The molecule has 1 amide bonds. The summed E-state index contributed by atoms with van der Waals surface area (Å²) in [6.07, 6.45) is 0.983. The summed E-state index contributed by atoms with van der Waals surface area (Å²) in [4.78, 5) is 14.9. The molecule has 4 rings (SSSR count). The molecular formula is C19H18FN3O. The zero-order valence-electron chi connectivity index (χ0n) is 13.6. The highest BCUT2D eigenvalue weighted by Crippen LogP contribution is 2.38. The van der Waals surface area contributed by atoms with Gasteiger partial charge in [-0.15, -0.1) is 0 Å². The highest BCUT2D eigenvalue weighted by molar-refractivity contribution is 6.11. The minimum Gasteiger partial charge on any atom is -0.384 e. The molecule has 1 aliphatic rings. The van der Waals surface area contributed by atoms with E-state index in [4.69, 9.17) is 5.73 Å². The minimum absolute atomic E-state index is 0.182. The van der Waals surface area contributed by atoms with Crippen molar-refractivity contribution in [3.05, 3.63) is 52.5 Å². The van der Waals surface area contributed by atoms with E-state index in [1.807, 2.05) is 32.0 Å². The number of anilines is 1. The maximum Gasteiger partial charge on any atom is 0.250 e. The van der Waals surface area contributed by atoms with Crippen LogP contribution >= 0.6 is 0 Å². The van der Waals surface area contributed by atoms with Crippen LogP contribution in [0.5, 0.6) is 0 Å². The third-order valence-corrected chi connectivity index (χ3v) is 4.90. The van der Waals surface area contributed by atoms with Crippen LogP contribution in [0.15, 0.2) is 24.3 Å². The van der Waals surface area contributed by atoms with E-state index in [0.29, 0.717) is 11.1 Å². The summed E-state index contributed by atoms with van der Waals surface area (Å²) in [5, 5.41) is 4.04. The van der Waals surface area contributed by atoms with Gasteiger partial charge in [0.1, 0.15) is 5.82 Å². The normalized spacial score (nSPS) is 13.1. The number of H-pyrrole nitrogens is 1. The Bertz CT molecular complexity index is 1000. The van der Waals surface area contributed by atoms with Gasteiger partial charge >= 0.3 is 0 Å². The lowest BCUT2D eigenvalue weighted by atomic mass is 9.94. The predicted octanol–water partition coefficient (Wildman–Crippen LogP) is 3.66. The average molecular weight is 323 g/mol. The van der Waals surface area contributed by atoms with Gasteiger partial charge in [-0.2, -0.15) is 0 Å². The van der Waals surface area contributed by atoms with Gasteiger partial charge in [-0.1, -0.05) is 12.1 Å². The number of primary amides is 1. The summed E-state index contributed by atoms with van der Waals surface area (Å²) in [5.74, 6) is -1.07. The van der Waals surface area contributed by atoms with E-state index < -0.39 is 11.7 Å². The number of rotatable bonds is 2. The van der Waals surface area contributed by atoms with Gasteiger partial charge in [0.15, 0.2) is 0 Å². The van der Waals surface area contributed by atoms with Gasteiger partial charge in [-0.05, 0) is 49.1 Å². The van der Waals surface area contributed by atoms with Gasteiger partial charge < -0.3 is 16.0 Å². The van der Waals surface area contributed by atoms with E-state index >= 15 is 0 Å². The SMILES string of the molecule is Cc1[nH]c2c(C(N)=O)cc(F)c(-c3ccc4c(c3)NCC4)c2c1C. The summed E-state index contributed by atoms with van der Waals surface area (Å²) < 4.78 is 14.9. The largest absolute Gasteiger partial charge is 0.384 e. The fraction of sp³-hybridized carbons (Fsp3) is 0.211. The van der Waals surface area contributed by atoms with Crippen molar-refractivity contribution in [2.75, 3.05) is 11.9 Å². The number of aryl methyl sites for hydroxylation is 2. The molecule has 24 heavy (non-hydrogen) atoms. The van der Waals surface area contributed by atoms with Crippen molar-refractivity contribution < 1.29 is 9.18 Å². The number of halogens is 1. The molecule has 0 fully saturated rings. The van der Waals surface area contributed by atoms with Crippen molar-refractivity contribution in [2.45, 2.75) is 20.3 Å². The maximum atomic E-state index is 14.9. The Kier molecular flexibility index (Phi) is 3.13. The number of fused-ring (bicyclic) bond motifs is 2. The molecular weight excluding hydrogens is 305 g/mol. The monoisotopic (exact) mass is 323 g/mol. The lowest BCUT2D eigenvalue weighted by Gasteiger charge is -2.11. The van der Waals surface area contributed by atoms with Crippen molar-refractivity contribution in [1.82, 2.24) is 4.98 Å². The van der Waals surface area contributed by atoms with Gasteiger partial charge in [-0.3, -0.25) is 4.79 Å². The van der Waals surface area contributed by atoms with Crippen LogP contribution in [0.3, 0.4) is 0 Å². The van der Waals surface area contributed by atoms with Crippen LogP contribution in [0.1, 0.15) is 27.2 Å². The first-order chi connectivity index (χ1) is 11.5. The number of aromatic amines is 1. The van der Waals surface area contributed by atoms with Crippen molar-refractivity contribution in [3.63, 3.8) is 0 Å². The zero-order valence-corrected chi connectivity index (χ0v) is 13.6. The molecule has 2 heterocycles. The number of hydrogen-bond donors (Lipinski definition) is 3. The van der Waals surface area contributed by atoms with E-state index in [9.17, 15) is 9.18 Å². The standard InChI is InChI=1S/C19H18FN3O/c1-9-10(2)23-18-13(19(21)24)8-14(20)17(16(9)18)12-4-3-11-5-6-22-15(11)7-12/h3-4,7-8,22-23H,5-6H2,1-2H3,(H2,21,24). The first-order valence-corrected chi connectivity index (χ1v) is 7.95. The molecule has 1 aliphatic heterocycles. The lowest BCUT2D eigenvalue weighted by Crippen LogP contribution is -2.12. The smallest absolute Gasteiger partial charge is 0.250 e. The molecule has 0 bridgehead atoms. The fourth-order valence-electron chi connectivity index (χ4n) is 3.55. The Morgan fingerprint density at radius 3 is 2.79 bits per heavy atom. The molecule has 5 heteroatoms. The van der Waals surface area contributed by atoms with Crippen molar-refractivity contribution in [2.24, 2.45) is 5.73 Å². The molecule has 1 aromatic heterocycles. The van der Waals surface area contributed by atoms with Crippen LogP contribution < -0.4 is 11.1 Å².